The Morgan fingerprint density at radius 1 is 1.15 bits per heavy atom. The second-order valence-corrected chi connectivity index (χ2v) is 15.2. The molecule has 246 valence electrons. The molecule has 1 saturated carbocycles. The van der Waals surface area contributed by atoms with E-state index in [0.29, 0.717) is 41.8 Å². The van der Waals surface area contributed by atoms with Crippen LogP contribution in [-0.2, 0) is 21.1 Å². The molecule has 0 radical (unpaired) electrons. The average Bonchev–Trinajstić information content (AvgIpc) is 3.27. The van der Waals surface area contributed by atoms with Crippen molar-refractivity contribution in [3.05, 3.63) is 60.8 Å². The van der Waals surface area contributed by atoms with Crippen LogP contribution in [0.3, 0.4) is 0 Å². The number of anilines is 2. The van der Waals surface area contributed by atoms with Crippen molar-refractivity contribution in [1.29, 1.82) is 0 Å². The minimum absolute atomic E-state index is 0.0812. The van der Waals surface area contributed by atoms with Crippen molar-refractivity contribution in [2.45, 2.75) is 62.6 Å². The molecular weight excluding hydrogens is 614 g/mol. The fourth-order valence-corrected chi connectivity index (χ4v) is 6.70. The molecular formula is C34H40F2N4O5S. The molecule has 0 atom stereocenters. The number of hydrogen-bond acceptors (Lipinski definition) is 7. The highest BCUT2D eigenvalue weighted by molar-refractivity contribution is 7.90. The molecule has 12 heteroatoms. The molecule has 1 spiro atoms. The summed E-state index contributed by atoms with van der Waals surface area (Å²) < 4.78 is 65.3. The number of nitrogens with one attached hydrogen (secondary N) is 2. The minimum Gasteiger partial charge on any atom is -0.495 e. The lowest BCUT2D eigenvalue weighted by atomic mass is 9.60. The van der Waals surface area contributed by atoms with Crippen LogP contribution in [0.15, 0.2) is 60.0 Å². The molecule has 5 rings (SSSR count). The first-order valence-corrected chi connectivity index (χ1v) is 16.9. The normalized spacial score (nSPS) is 16.2. The number of rotatable bonds is 9. The monoisotopic (exact) mass is 654 g/mol. The number of methoxy groups -OCH3 is 1. The average molecular weight is 655 g/mol. The number of carbonyl (C=O) groups is 1. The Morgan fingerprint density at radius 2 is 1.87 bits per heavy atom. The SMILES string of the molecule is C=CC(F)(F)Cn1c(C#CCNc2ccc(S(C)(=O)=O)cc2OC)cc2c(NC3CC4(C3)CN(C(=O)OC(C)(C)C)C4)cccc21. The highest BCUT2D eigenvalue weighted by atomic mass is 32.2. The fourth-order valence-electron chi connectivity index (χ4n) is 6.07. The summed E-state index contributed by atoms with van der Waals surface area (Å²) in [5.74, 6) is 3.23. The zero-order valence-electron chi connectivity index (χ0n) is 26.7. The van der Waals surface area contributed by atoms with Crippen LogP contribution in [-0.4, -0.2) is 74.5 Å². The molecule has 2 heterocycles. The Kier molecular flexibility index (Phi) is 8.77. The smallest absolute Gasteiger partial charge is 0.410 e. The summed E-state index contributed by atoms with van der Waals surface area (Å²) in [6.45, 7) is 9.73. The lowest BCUT2D eigenvalue weighted by Crippen LogP contribution is -2.66. The fraction of sp³-hybridized carbons (Fsp3) is 0.441. The summed E-state index contributed by atoms with van der Waals surface area (Å²) >= 11 is 0. The Balaban J connectivity index is 1.31. The van der Waals surface area contributed by atoms with Crippen molar-refractivity contribution in [3.8, 4) is 17.6 Å². The third kappa shape index (κ3) is 7.25. The molecule has 1 aliphatic heterocycles. The van der Waals surface area contributed by atoms with Crippen molar-refractivity contribution >= 4 is 38.2 Å². The largest absolute Gasteiger partial charge is 0.495 e. The third-order valence-corrected chi connectivity index (χ3v) is 9.33. The molecule has 1 saturated heterocycles. The van der Waals surface area contributed by atoms with E-state index in [1.54, 1.807) is 17.0 Å². The number of halogens is 2. The number of likely N-dealkylation sites (tertiary alicyclic amines) is 1. The summed E-state index contributed by atoms with van der Waals surface area (Å²) in [6, 6.07) is 12.1. The topological polar surface area (TPSA) is 102 Å². The van der Waals surface area contributed by atoms with Crippen LogP contribution in [0.1, 0.15) is 39.3 Å². The second-order valence-electron chi connectivity index (χ2n) is 13.2. The lowest BCUT2D eigenvalue weighted by Gasteiger charge is -2.58. The Hall–Kier alpha value is -4.24. The van der Waals surface area contributed by atoms with Crippen LogP contribution < -0.4 is 15.4 Å². The Labute approximate surface area is 268 Å². The predicted molar refractivity (Wildman–Crippen MR) is 175 cm³/mol. The molecule has 1 aliphatic carbocycles. The van der Waals surface area contributed by atoms with E-state index in [1.807, 2.05) is 39.0 Å². The molecule has 2 N–H and O–H groups in total. The quantitative estimate of drug-likeness (QED) is 0.211. The van der Waals surface area contributed by atoms with Gasteiger partial charge in [-0.15, -0.1) is 0 Å². The van der Waals surface area contributed by atoms with Gasteiger partial charge in [0, 0.05) is 47.9 Å². The molecule has 2 fully saturated rings. The summed E-state index contributed by atoms with van der Waals surface area (Å²) in [7, 11) is -1.96. The van der Waals surface area contributed by atoms with Crippen LogP contribution in [0.4, 0.5) is 25.0 Å². The number of hydrogen-bond donors (Lipinski definition) is 2. The molecule has 3 aromatic rings. The summed E-state index contributed by atoms with van der Waals surface area (Å²) in [5.41, 5.74) is 1.97. The summed E-state index contributed by atoms with van der Waals surface area (Å²) in [5, 5.41) is 7.47. The van der Waals surface area contributed by atoms with Gasteiger partial charge in [0.05, 0.1) is 42.0 Å². The molecule has 46 heavy (non-hydrogen) atoms. The molecule has 0 bridgehead atoms. The van der Waals surface area contributed by atoms with Crippen molar-refractivity contribution in [1.82, 2.24) is 9.47 Å². The lowest BCUT2D eigenvalue weighted by molar-refractivity contribution is -0.0738. The third-order valence-electron chi connectivity index (χ3n) is 8.22. The highest BCUT2D eigenvalue weighted by Crippen LogP contribution is 2.50. The van der Waals surface area contributed by atoms with Crippen LogP contribution in [0.5, 0.6) is 5.75 Å². The first-order chi connectivity index (χ1) is 21.5. The Morgan fingerprint density at radius 3 is 2.50 bits per heavy atom. The van der Waals surface area contributed by atoms with E-state index in [1.165, 1.54) is 23.8 Å². The standard InChI is InChI=1S/C34H40F2N4O5S/c1-7-34(35,36)22-40-24(10-9-15-37-28-14-13-25(46(6,42)43)17-30(28)44-5)16-26-27(11-8-12-29(26)40)38-23-18-33(19-23)20-39(21-33)31(41)45-32(2,3)4/h7-8,11-14,16-17,23,37-38H,1,15,18-22H2,2-6H3. The van der Waals surface area contributed by atoms with Gasteiger partial charge in [0.25, 0.3) is 5.92 Å². The first kappa shape index (κ1) is 33.1. The molecule has 0 unspecified atom stereocenters. The van der Waals surface area contributed by atoms with Crippen LogP contribution >= 0.6 is 0 Å². The maximum absolute atomic E-state index is 14.6. The number of alkyl halides is 2. The van der Waals surface area contributed by atoms with Gasteiger partial charge in [0.1, 0.15) is 11.4 Å². The number of ether oxygens (including phenoxy) is 2. The molecule has 2 aliphatic rings. The summed E-state index contributed by atoms with van der Waals surface area (Å²) in [4.78, 5) is 14.2. The maximum atomic E-state index is 14.6. The van der Waals surface area contributed by atoms with Crippen LogP contribution in [0.2, 0.25) is 0 Å². The van der Waals surface area contributed by atoms with Gasteiger partial charge in [-0.25, -0.2) is 22.0 Å². The van der Waals surface area contributed by atoms with Gasteiger partial charge >= 0.3 is 6.09 Å². The van der Waals surface area contributed by atoms with E-state index in [2.05, 4.69) is 29.1 Å². The van der Waals surface area contributed by atoms with Crippen molar-refractivity contribution in [3.63, 3.8) is 0 Å². The van der Waals surface area contributed by atoms with E-state index in [9.17, 15) is 22.0 Å². The summed E-state index contributed by atoms with van der Waals surface area (Å²) in [6.07, 6.45) is 3.26. The van der Waals surface area contributed by atoms with Gasteiger partial charge in [0.2, 0.25) is 0 Å². The van der Waals surface area contributed by atoms with Gasteiger partial charge < -0.3 is 29.6 Å². The van der Waals surface area contributed by atoms with Crippen molar-refractivity contribution in [2.24, 2.45) is 5.41 Å². The minimum atomic E-state index is -3.40. The molecule has 2 aromatic carbocycles. The van der Waals surface area contributed by atoms with Crippen molar-refractivity contribution < 1.29 is 31.5 Å². The number of sulfone groups is 1. The Bertz CT molecular complexity index is 1820. The first-order valence-electron chi connectivity index (χ1n) is 15.0. The second kappa shape index (κ2) is 12.2. The highest BCUT2D eigenvalue weighted by Gasteiger charge is 2.54. The van der Waals surface area contributed by atoms with Gasteiger partial charge in [-0.2, -0.15) is 0 Å². The van der Waals surface area contributed by atoms with Gasteiger partial charge in [-0.05, 0) is 75.9 Å². The number of allylic oxidation sites excluding steroid dienone is 1. The number of fused-ring (bicyclic) bond motifs is 1. The number of amides is 1. The number of carbonyl (C=O) groups excluding carboxylic acids is 1. The van der Waals surface area contributed by atoms with Crippen LogP contribution in [0, 0.1) is 17.3 Å². The maximum Gasteiger partial charge on any atom is 0.410 e. The van der Waals surface area contributed by atoms with Gasteiger partial charge in [-0.1, -0.05) is 18.6 Å². The van der Waals surface area contributed by atoms with E-state index in [-0.39, 0.29) is 29.0 Å². The van der Waals surface area contributed by atoms with E-state index in [4.69, 9.17) is 9.47 Å². The zero-order valence-corrected chi connectivity index (χ0v) is 27.6. The number of nitrogens with zero attached hydrogens (tertiary/aromatic N) is 2. The van der Waals surface area contributed by atoms with Gasteiger partial charge in [-0.3, -0.25) is 0 Å². The van der Waals surface area contributed by atoms with Crippen LogP contribution in [0.25, 0.3) is 10.9 Å². The predicted octanol–water partition coefficient (Wildman–Crippen LogP) is 6.15. The molecule has 1 amide bonds. The van der Waals surface area contributed by atoms with E-state index in [0.717, 1.165) is 30.2 Å². The number of benzene rings is 2. The van der Waals surface area contributed by atoms with Crippen molar-refractivity contribution in [2.75, 3.05) is 43.6 Å². The molecule has 9 nitrogen and oxygen atoms in total. The molecule has 1 aromatic heterocycles. The number of aromatic nitrogens is 1. The van der Waals surface area contributed by atoms with Gasteiger partial charge in [0.15, 0.2) is 9.84 Å². The van der Waals surface area contributed by atoms with E-state index < -0.39 is 27.9 Å². The zero-order chi connectivity index (χ0) is 33.5. The van der Waals surface area contributed by atoms with E-state index >= 15 is 0 Å².